The lowest BCUT2D eigenvalue weighted by atomic mass is 10.2. The Bertz CT molecular complexity index is 710. The molecule has 1 heterocycles. The number of nitrogens with one attached hydrogen (secondary N) is 1. The Morgan fingerprint density at radius 3 is 2.57 bits per heavy atom. The van der Waals surface area contributed by atoms with Crippen LogP contribution in [0.15, 0.2) is 24.4 Å². The lowest BCUT2D eigenvalue weighted by Crippen LogP contribution is -2.14. The van der Waals surface area contributed by atoms with Crippen molar-refractivity contribution in [1.82, 2.24) is 9.97 Å². The van der Waals surface area contributed by atoms with E-state index in [1.54, 1.807) is 13.8 Å². The van der Waals surface area contributed by atoms with E-state index in [-0.39, 0.29) is 23.1 Å². The fourth-order valence-electron chi connectivity index (χ4n) is 1.71. The normalized spacial score (nSPS) is 10.3. The number of carbonyl (C=O) groups excluding carboxylic acids is 1. The van der Waals surface area contributed by atoms with E-state index in [1.807, 2.05) is 0 Å². The van der Waals surface area contributed by atoms with Crippen LogP contribution in [0, 0.1) is 11.6 Å². The van der Waals surface area contributed by atoms with Crippen molar-refractivity contribution in [2.24, 2.45) is 0 Å². The van der Waals surface area contributed by atoms with E-state index in [9.17, 15) is 13.6 Å². The Morgan fingerprint density at radius 1 is 1.17 bits per heavy atom. The highest BCUT2D eigenvalue weighted by molar-refractivity contribution is 6.04. The predicted molar refractivity (Wildman–Crippen MR) is 78.7 cm³/mol. The average Bonchev–Trinajstić information content (AvgIpc) is 2.53. The van der Waals surface area contributed by atoms with E-state index in [0.29, 0.717) is 13.2 Å². The molecule has 1 aromatic carbocycles. The van der Waals surface area contributed by atoms with Crippen molar-refractivity contribution in [2.45, 2.75) is 13.8 Å². The molecule has 0 saturated carbocycles. The molecule has 0 saturated heterocycles. The number of amides is 1. The van der Waals surface area contributed by atoms with Gasteiger partial charge >= 0.3 is 6.01 Å². The summed E-state index contributed by atoms with van der Waals surface area (Å²) in [7, 11) is 0. The molecule has 2 rings (SSSR count). The maximum Gasteiger partial charge on any atom is 0.319 e. The number of halogens is 2. The maximum atomic E-state index is 13.2. The van der Waals surface area contributed by atoms with Gasteiger partial charge in [0.15, 0.2) is 11.6 Å². The van der Waals surface area contributed by atoms with Crippen molar-refractivity contribution in [3.63, 3.8) is 0 Å². The van der Waals surface area contributed by atoms with Crippen LogP contribution in [0.5, 0.6) is 11.9 Å². The van der Waals surface area contributed by atoms with Crippen molar-refractivity contribution in [1.29, 1.82) is 0 Å². The molecule has 0 fully saturated rings. The Balaban J connectivity index is 2.23. The molecule has 1 aromatic heterocycles. The molecule has 0 radical (unpaired) electrons. The van der Waals surface area contributed by atoms with Crippen LogP contribution >= 0.6 is 0 Å². The van der Waals surface area contributed by atoms with Gasteiger partial charge in [0.2, 0.25) is 5.88 Å². The van der Waals surface area contributed by atoms with Crippen molar-refractivity contribution < 1.29 is 23.0 Å². The number of benzene rings is 1. The fourth-order valence-corrected chi connectivity index (χ4v) is 1.71. The smallest absolute Gasteiger partial charge is 0.319 e. The highest BCUT2D eigenvalue weighted by atomic mass is 19.2. The van der Waals surface area contributed by atoms with E-state index >= 15 is 0 Å². The summed E-state index contributed by atoms with van der Waals surface area (Å²) < 4.78 is 36.6. The second kappa shape index (κ2) is 7.48. The summed E-state index contributed by atoms with van der Waals surface area (Å²) in [5, 5.41) is 2.49. The molecule has 23 heavy (non-hydrogen) atoms. The summed E-state index contributed by atoms with van der Waals surface area (Å²) >= 11 is 0. The number of hydrogen-bond donors (Lipinski definition) is 1. The van der Waals surface area contributed by atoms with Gasteiger partial charge in [0, 0.05) is 5.56 Å². The third kappa shape index (κ3) is 4.12. The zero-order chi connectivity index (χ0) is 16.8. The summed E-state index contributed by atoms with van der Waals surface area (Å²) in [6.45, 7) is 4.23. The summed E-state index contributed by atoms with van der Waals surface area (Å²) in [5.74, 6) is -2.65. The number of hydrogen-bond acceptors (Lipinski definition) is 5. The third-order valence-corrected chi connectivity index (χ3v) is 2.72. The van der Waals surface area contributed by atoms with Crippen LogP contribution < -0.4 is 14.8 Å². The Morgan fingerprint density at radius 2 is 1.91 bits per heavy atom. The lowest BCUT2D eigenvalue weighted by molar-refractivity contribution is 0.102. The van der Waals surface area contributed by atoms with Crippen LogP contribution in [0.4, 0.5) is 14.5 Å². The number of rotatable bonds is 6. The van der Waals surface area contributed by atoms with E-state index in [1.165, 1.54) is 12.3 Å². The number of aromatic nitrogens is 2. The molecule has 0 aliphatic carbocycles. The van der Waals surface area contributed by atoms with E-state index in [2.05, 4.69) is 15.3 Å². The second-order valence-corrected chi connectivity index (χ2v) is 4.32. The molecule has 0 aliphatic rings. The Hall–Kier alpha value is -2.77. The van der Waals surface area contributed by atoms with E-state index in [4.69, 9.17) is 9.47 Å². The zero-order valence-electron chi connectivity index (χ0n) is 12.6. The summed E-state index contributed by atoms with van der Waals surface area (Å²) in [6, 6.07) is 2.97. The zero-order valence-corrected chi connectivity index (χ0v) is 12.6. The fraction of sp³-hybridized carbons (Fsp3) is 0.267. The first kappa shape index (κ1) is 16.6. The van der Waals surface area contributed by atoms with Gasteiger partial charge in [-0.15, -0.1) is 0 Å². The summed E-state index contributed by atoms with van der Waals surface area (Å²) in [4.78, 5) is 20.1. The average molecular weight is 323 g/mol. The van der Waals surface area contributed by atoms with Gasteiger partial charge in [-0.05, 0) is 32.0 Å². The second-order valence-electron chi connectivity index (χ2n) is 4.32. The van der Waals surface area contributed by atoms with Gasteiger partial charge in [-0.25, -0.2) is 13.8 Å². The minimum atomic E-state index is -1.11. The van der Waals surface area contributed by atoms with Gasteiger partial charge in [-0.1, -0.05) is 0 Å². The highest BCUT2D eigenvalue weighted by Gasteiger charge is 2.15. The van der Waals surface area contributed by atoms with Gasteiger partial charge in [0.1, 0.15) is 5.69 Å². The van der Waals surface area contributed by atoms with Crippen molar-refractivity contribution in [3.05, 3.63) is 41.6 Å². The molecule has 0 bridgehead atoms. The van der Waals surface area contributed by atoms with Gasteiger partial charge < -0.3 is 14.8 Å². The largest absolute Gasteiger partial charge is 0.476 e. The molecule has 8 heteroatoms. The van der Waals surface area contributed by atoms with Gasteiger partial charge in [0.05, 0.1) is 19.4 Å². The molecule has 2 aromatic rings. The highest BCUT2D eigenvalue weighted by Crippen LogP contribution is 2.24. The summed E-state index contributed by atoms with van der Waals surface area (Å²) in [6.07, 6.45) is 1.32. The molecule has 122 valence electrons. The maximum absolute atomic E-state index is 13.2. The van der Waals surface area contributed by atoms with Gasteiger partial charge in [0.25, 0.3) is 5.91 Å². The molecule has 1 amide bonds. The van der Waals surface area contributed by atoms with E-state index in [0.717, 1.165) is 12.1 Å². The van der Waals surface area contributed by atoms with Crippen molar-refractivity contribution >= 4 is 11.6 Å². The van der Waals surface area contributed by atoms with Crippen molar-refractivity contribution in [3.8, 4) is 11.9 Å². The van der Waals surface area contributed by atoms with Crippen LogP contribution in [0.3, 0.4) is 0 Å². The Kier molecular flexibility index (Phi) is 5.40. The van der Waals surface area contributed by atoms with Crippen molar-refractivity contribution in [2.75, 3.05) is 18.5 Å². The lowest BCUT2D eigenvalue weighted by Gasteiger charge is -2.11. The molecular formula is C15H15F2N3O3. The summed E-state index contributed by atoms with van der Waals surface area (Å²) in [5.41, 5.74) is 0.158. The molecule has 0 aliphatic heterocycles. The number of anilines is 1. The first-order chi connectivity index (χ1) is 11.0. The Labute approximate surface area is 131 Å². The molecule has 0 spiro atoms. The van der Waals surface area contributed by atoms with Crippen LogP contribution in [0.25, 0.3) is 0 Å². The third-order valence-electron chi connectivity index (χ3n) is 2.72. The molecule has 0 unspecified atom stereocenters. The quantitative estimate of drug-likeness (QED) is 0.885. The monoisotopic (exact) mass is 323 g/mol. The number of carbonyl (C=O) groups is 1. The van der Waals surface area contributed by atoms with Gasteiger partial charge in [-0.2, -0.15) is 4.98 Å². The molecule has 6 nitrogen and oxygen atoms in total. The van der Waals surface area contributed by atoms with Crippen LogP contribution in [-0.2, 0) is 0 Å². The van der Waals surface area contributed by atoms with Crippen LogP contribution in [0.2, 0.25) is 0 Å². The number of nitrogens with zero attached hydrogens (tertiary/aromatic N) is 2. The van der Waals surface area contributed by atoms with E-state index < -0.39 is 17.5 Å². The topological polar surface area (TPSA) is 73.3 Å². The molecule has 1 N–H and O–H groups in total. The number of ether oxygens (including phenoxy) is 2. The minimum absolute atomic E-state index is 0.0415. The standard InChI is InChI=1S/C15H15F2N3O3/c1-3-22-14-12(8-18-15(20-14)23-4-2)19-13(21)9-5-6-10(16)11(17)7-9/h5-8H,3-4H2,1-2H3,(H,19,21). The van der Waals surface area contributed by atoms with Crippen LogP contribution in [-0.4, -0.2) is 29.1 Å². The first-order valence-corrected chi connectivity index (χ1v) is 6.94. The minimum Gasteiger partial charge on any atom is -0.476 e. The molecule has 0 atom stereocenters. The van der Waals surface area contributed by atoms with Gasteiger partial charge in [-0.3, -0.25) is 4.79 Å². The molecular weight excluding hydrogens is 308 g/mol. The predicted octanol–water partition coefficient (Wildman–Crippen LogP) is 2.80. The SMILES string of the molecule is CCOc1ncc(NC(=O)c2ccc(F)c(F)c2)c(OCC)n1. The first-order valence-electron chi connectivity index (χ1n) is 6.94. The van der Waals surface area contributed by atoms with Crippen LogP contribution in [0.1, 0.15) is 24.2 Å².